The molecule has 21 heavy (non-hydrogen) atoms. The van der Waals surface area contributed by atoms with Crippen molar-refractivity contribution in [3.63, 3.8) is 0 Å². The monoisotopic (exact) mass is 282 g/mol. The van der Waals surface area contributed by atoms with Crippen molar-refractivity contribution in [2.75, 3.05) is 0 Å². The number of hydrogen-bond acceptors (Lipinski definition) is 3. The molecule has 0 fully saturated rings. The molecule has 0 unspecified atom stereocenters. The number of benzene rings is 1. The van der Waals surface area contributed by atoms with Crippen LogP contribution in [-0.2, 0) is 24.4 Å². The second-order valence-electron chi connectivity index (χ2n) is 4.94. The van der Waals surface area contributed by atoms with E-state index in [0.717, 1.165) is 13.1 Å². The normalized spacial score (nSPS) is 11.1. The van der Waals surface area contributed by atoms with Gasteiger partial charge in [0, 0.05) is 24.8 Å². The van der Waals surface area contributed by atoms with E-state index in [1.807, 2.05) is 52.4 Å². The number of aromatic nitrogens is 4. The van der Waals surface area contributed by atoms with Gasteiger partial charge in [-0.25, -0.2) is 9.97 Å². The van der Waals surface area contributed by atoms with Gasteiger partial charge >= 0.3 is 0 Å². The third-order valence-corrected chi connectivity index (χ3v) is 3.28. The van der Waals surface area contributed by atoms with Crippen LogP contribution in [0, 0.1) is 0 Å². The minimum absolute atomic E-state index is 0.0635. The van der Waals surface area contributed by atoms with E-state index >= 15 is 0 Å². The predicted molar refractivity (Wildman–Crippen MR) is 79.5 cm³/mol. The lowest BCUT2D eigenvalue weighted by Crippen LogP contribution is -2.24. The molecule has 0 N–H and O–H groups in total. The fraction of sp³-hybridized carbons (Fsp3) is 0.250. The first-order valence-corrected chi connectivity index (χ1v) is 6.97. The van der Waals surface area contributed by atoms with Gasteiger partial charge in [0.2, 0.25) is 0 Å². The van der Waals surface area contributed by atoms with Gasteiger partial charge in [0.15, 0.2) is 0 Å². The highest BCUT2D eigenvalue weighted by molar-refractivity contribution is 5.13. The van der Waals surface area contributed by atoms with Crippen LogP contribution < -0.4 is 0 Å². The van der Waals surface area contributed by atoms with E-state index < -0.39 is 0 Å². The molecule has 5 nitrogen and oxygen atoms in total. The molecule has 0 aliphatic heterocycles. The van der Waals surface area contributed by atoms with Gasteiger partial charge < -0.3 is 13.9 Å². The summed E-state index contributed by atoms with van der Waals surface area (Å²) in [7, 11) is 0. The molecule has 3 aromatic rings. The quantitative estimate of drug-likeness (QED) is 0.668. The molecule has 0 radical (unpaired) electrons. The summed E-state index contributed by atoms with van der Waals surface area (Å²) < 4.78 is 10.1. The van der Waals surface area contributed by atoms with E-state index in [-0.39, 0.29) is 6.10 Å². The summed E-state index contributed by atoms with van der Waals surface area (Å²) in [5, 5.41) is 0. The van der Waals surface area contributed by atoms with Gasteiger partial charge in [-0.2, -0.15) is 0 Å². The SMILES string of the molecule is c1ccc(COC(Cn2ccnc2)Cn2ccnc2)cc1. The highest BCUT2D eigenvalue weighted by Gasteiger charge is 2.11. The first-order chi connectivity index (χ1) is 10.4. The van der Waals surface area contributed by atoms with Crippen molar-refractivity contribution in [2.45, 2.75) is 25.8 Å². The lowest BCUT2D eigenvalue weighted by Gasteiger charge is -2.19. The molecule has 0 bridgehead atoms. The topological polar surface area (TPSA) is 44.9 Å². The first-order valence-electron chi connectivity index (χ1n) is 6.97. The Morgan fingerprint density at radius 1 is 0.905 bits per heavy atom. The molecule has 2 aromatic heterocycles. The van der Waals surface area contributed by atoms with Crippen LogP contribution >= 0.6 is 0 Å². The average molecular weight is 282 g/mol. The Bertz CT molecular complexity index is 583. The summed E-state index contributed by atoms with van der Waals surface area (Å²) >= 11 is 0. The van der Waals surface area contributed by atoms with Gasteiger partial charge in [-0.05, 0) is 5.56 Å². The lowest BCUT2D eigenvalue weighted by atomic mass is 10.2. The van der Waals surface area contributed by atoms with Gasteiger partial charge in [0.1, 0.15) is 0 Å². The van der Waals surface area contributed by atoms with E-state index in [4.69, 9.17) is 4.74 Å². The number of rotatable bonds is 7. The summed E-state index contributed by atoms with van der Waals surface area (Å²) in [4.78, 5) is 8.16. The zero-order valence-corrected chi connectivity index (χ0v) is 11.7. The first kappa shape index (κ1) is 13.6. The number of imidazole rings is 2. The Kier molecular flexibility index (Phi) is 4.43. The largest absolute Gasteiger partial charge is 0.370 e. The molecular weight excluding hydrogens is 264 g/mol. The van der Waals surface area contributed by atoms with Crippen LogP contribution in [0.15, 0.2) is 67.8 Å². The molecule has 2 heterocycles. The Labute approximate surface area is 123 Å². The number of ether oxygens (including phenoxy) is 1. The van der Waals surface area contributed by atoms with Crippen molar-refractivity contribution < 1.29 is 4.74 Å². The van der Waals surface area contributed by atoms with Crippen LogP contribution in [0.3, 0.4) is 0 Å². The molecule has 0 saturated heterocycles. The Balaban J connectivity index is 1.63. The van der Waals surface area contributed by atoms with Crippen LogP contribution in [0.4, 0.5) is 0 Å². The van der Waals surface area contributed by atoms with Crippen LogP contribution in [-0.4, -0.2) is 25.2 Å². The molecule has 0 aliphatic carbocycles. The van der Waals surface area contributed by atoms with Crippen molar-refractivity contribution in [1.82, 2.24) is 19.1 Å². The van der Waals surface area contributed by atoms with E-state index in [9.17, 15) is 0 Å². The molecule has 0 spiro atoms. The predicted octanol–water partition coefficient (Wildman–Crippen LogP) is 2.37. The summed E-state index contributed by atoms with van der Waals surface area (Å²) in [6.45, 7) is 2.14. The standard InChI is InChI=1S/C16H18N4O/c1-2-4-15(5-3-1)12-21-16(10-19-8-6-17-13-19)11-20-9-7-18-14-20/h1-9,13-14,16H,10-12H2. The van der Waals surface area contributed by atoms with Gasteiger partial charge in [-0.3, -0.25) is 0 Å². The smallest absolute Gasteiger partial charge is 0.0946 e. The molecule has 0 atom stereocenters. The lowest BCUT2D eigenvalue weighted by molar-refractivity contribution is 0.0181. The Morgan fingerprint density at radius 2 is 1.52 bits per heavy atom. The summed E-state index contributed by atoms with van der Waals surface area (Å²) in [5.41, 5.74) is 1.18. The van der Waals surface area contributed by atoms with E-state index in [1.54, 1.807) is 12.4 Å². The summed E-state index contributed by atoms with van der Waals surface area (Å²) in [6, 6.07) is 10.2. The van der Waals surface area contributed by atoms with Crippen molar-refractivity contribution in [3.05, 3.63) is 73.3 Å². The average Bonchev–Trinajstić information content (AvgIpc) is 3.20. The maximum Gasteiger partial charge on any atom is 0.0946 e. The third-order valence-electron chi connectivity index (χ3n) is 3.28. The third kappa shape index (κ3) is 4.03. The van der Waals surface area contributed by atoms with Crippen molar-refractivity contribution in [1.29, 1.82) is 0 Å². The molecule has 3 rings (SSSR count). The van der Waals surface area contributed by atoms with Crippen molar-refractivity contribution >= 4 is 0 Å². The van der Waals surface area contributed by atoms with Crippen LogP contribution in [0.1, 0.15) is 5.56 Å². The van der Waals surface area contributed by atoms with E-state index in [2.05, 4.69) is 22.1 Å². The zero-order valence-electron chi connectivity index (χ0n) is 11.7. The van der Waals surface area contributed by atoms with Gasteiger partial charge in [0.25, 0.3) is 0 Å². The summed E-state index contributed by atoms with van der Waals surface area (Å²) in [6.07, 6.45) is 11.2. The molecule has 0 aliphatic rings. The number of hydrogen-bond donors (Lipinski definition) is 0. The Hall–Kier alpha value is -2.40. The maximum atomic E-state index is 6.08. The molecule has 5 heteroatoms. The fourth-order valence-electron chi connectivity index (χ4n) is 2.21. The molecule has 108 valence electrons. The molecule has 0 saturated carbocycles. The zero-order chi connectivity index (χ0) is 14.3. The van der Waals surface area contributed by atoms with Crippen LogP contribution in [0.25, 0.3) is 0 Å². The van der Waals surface area contributed by atoms with Crippen molar-refractivity contribution in [3.8, 4) is 0 Å². The van der Waals surface area contributed by atoms with Gasteiger partial charge in [0.05, 0.1) is 38.5 Å². The van der Waals surface area contributed by atoms with E-state index in [0.29, 0.717) is 6.61 Å². The van der Waals surface area contributed by atoms with Crippen molar-refractivity contribution in [2.24, 2.45) is 0 Å². The van der Waals surface area contributed by atoms with Crippen LogP contribution in [0.2, 0.25) is 0 Å². The second-order valence-corrected chi connectivity index (χ2v) is 4.94. The highest BCUT2D eigenvalue weighted by atomic mass is 16.5. The maximum absolute atomic E-state index is 6.08. The van der Waals surface area contributed by atoms with Gasteiger partial charge in [-0.15, -0.1) is 0 Å². The molecule has 1 aromatic carbocycles. The molecular formula is C16H18N4O. The minimum atomic E-state index is 0.0635. The van der Waals surface area contributed by atoms with Crippen LogP contribution in [0.5, 0.6) is 0 Å². The minimum Gasteiger partial charge on any atom is -0.370 e. The molecule has 0 amide bonds. The Morgan fingerprint density at radius 3 is 2.05 bits per heavy atom. The van der Waals surface area contributed by atoms with E-state index in [1.165, 1.54) is 5.56 Å². The van der Waals surface area contributed by atoms with Gasteiger partial charge in [-0.1, -0.05) is 30.3 Å². The highest BCUT2D eigenvalue weighted by Crippen LogP contribution is 2.07. The second kappa shape index (κ2) is 6.85. The fourth-order valence-corrected chi connectivity index (χ4v) is 2.21. The number of nitrogens with zero attached hydrogens (tertiary/aromatic N) is 4. The summed E-state index contributed by atoms with van der Waals surface area (Å²) in [5.74, 6) is 0.